The highest BCUT2D eigenvalue weighted by molar-refractivity contribution is 8.01. The third-order valence-corrected chi connectivity index (χ3v) is 4.71. The first-order chi connectivity index (χ1) is 9.69. The summed E-state index contributed by atoms with van der Waals surface area (Å²) >= 11 is 1.69. The summed E-state index contributed by atoms with van der Waals surface area (Å²) in [4.78, 5) is 23.5. The van der Waals surface area contributed by atoms with Gasteiger partial charge in [-0.05, 0) is 24.2 Å². The number of Topliss-reactive ketones (excluding diaryl/α,β-unsaturated/α-hetero) is 1. The number of alkyl carbamates (subject to hydrolysis) is 1. The average molecular weight is 293 g/mol. The van der Waals surface area contributed by atoms with Gasteiger partial charge in [-0.25, -0.2) is 4.79 Å². The molecule has 1 aromatic rings. The molecule has 0 aliphatic carbocycles. The van der Waals surface area contributed by atoms with Crippen LogP contribution in [0.15, 0.2) is 30.3 Å². The number of thioether (sulfide) groups is 1. The summed E-state index contributed by atoms with van der Waals surface area (Å²) in [5.74, 6) is 1.28. The van der Waals surface area contributed by atoms with Crippen molar-refractivity contribution < 1.29 is 14.3 Å². The van der Waals surface area contributed by atoms with E-state index in [1.807, 2.05) is 30.3 Å². The molecule has 0 spiro atoms. The standard InChI is InChI=1S/C15H19NO3S/c1-19-15(18)16-12(9-11-5-3-2-4-6-11)10-13(17)14-7-8-20-14/h2-6,12,14H,7-10H2,1H3,(H,16,18)/t12-,14?/m0/s1. The molecule has 1 unspecified atom stereocenters. The molecule has 1 amide bonds. The van der Waals surface area contributed by atoms with Gasteiger partial charge in [0.25, 0.3) is 0 Å². The molecule has 1 saturated heterocycles. The Labute approximate surface area is 123 Å². The lowest BCUT2D eigenvalue weighted by atomic mass is 9.99. The monoisotopic (exact) mass is 293 g/mol. The van der Waals surface area contributed by atoms with Crippen molar-refractivity contribution in [1.29, 1.82) is 0 Å². The van der Waals surface area contributed by atoms with Gasteiger partial charge in [-0.15, -0.1) is 0 Å². The maximum absolute atomic E-state index is 12.1. The second-order valence-corrected chi connectivity index (χ2v) is 6.15. The molecular weight excluding hydrogens is 274 g/mol. The maximum atomic E-state index is 12.1. The first kappa shape index (κ1) is 14.9. The number of methoxy groups -OCH3 is 1. The van der Waals surface area contributed by atoms with E-state index in [-0.39, 0.29) is 17.1 Å². The normalized spacial score (nSPS) is 18.8. The van der Waals surface area contributed by atoms with Gasteiger partial charge in [0.05, 0.1) is 12.4 Å². The molecule has 2 rings (SSSR count). The highest BCUT2D eigenvalue weighted by Crippen LogP contribution is 2.29. The van der Waals surface area contributed by atoms with Crippen LogP contribution in [0.4, 0.5) is 4.79 Å². The minimum atomic E-state index is -0.486. The number of ketones is 1. The number of benzene rings is 1. The Morgan fingerprint density at radius 1 is 1.40 bits per heavy atom. The number of nitrogens with one attached hydrogen (secondary N) is 1. The molecule has 0 bridgehead atoms. The Morgan fingerprint density at radius 3 is 2.65 bits per heavy atom. The zero-order chi connectivity index (χ0) is 14.4. The smallest absolute Gasteiger partial charge is 0.407 e. The van der Waals surface area contributed by atoms with Gasteiger partial charge in [0.2, 0.25) is 0 Å². The predicted molar refractivity (Wildman–Crippen MR) is 80.0 cm³/mol. The van der Waals surface area contributed by atoms with Crippen LogP contribution in [0.1, 0.15) is 18.4 Å². The number of carbonyl (C=O) groups excluding carboxylic acids is 2. The summed E-state index contributed by atoms with van der Waals surface area (Å²) in [6.07, 6.45) is 1.47. The van der Waals surface area contributed by atoms with E-state index < -0.39 is 6.09 Å². The molecule has 4 nitrogen and oxygen atoms in total. The Morgan fingerprint density at radius 2 is 2.10 bits per heavy atom. The highest BCUT2D eigenvalue weighted by Gasteiger charge is 2.28. The van der Waals surface area contributed by atoms with Crippen molar-refractivity contribution in [2.24, 2.45) is 0 Å². The van der Waals surface area contributed by atoms with E-state index in [4.69, 9.17) is 0 Å². The molecule has 1 N–H and O–H groups in total. The van der Waals surface area contributed by atoms with E-state index in [0.29, 0.717) is 12.8 Å². The van der Waals surface area contributed by atoms with Crippen molar-refractivity contribution in [3.63, 3.8) is 0 Å². The predicted octanol–water partition coefficient (Wildman–Crippen LogP) is 2.42. The van der Waals surface area contributed by atoms with E-state index in [1.54, 1.807) is 11.8 Å². The zero-order valence-corrected chi connectivity index (χ0v) is 12.3. The number of ether oxygens (including phenoxy) is 1. The minimum absolute atomic E-state index is 0.118. The zero-order valence-electron chi connectivity index (χ0n) is 11.5. The van der Waals surface area contributed by atoms with Gasteiger partial charge in [-0.1, -0.05) is 30.3 Å². The van der Waals surface area contributed by atoms with Gasteiger partial charge < -0.3 is 10.1 Å². The Hall–Kier alpha value is -1.49. The Kier molecular flexibility index (Phi) is 5.47. The number of carbonyl (C=O) groups is 2. The molecule has 108 valence electrons. The molecule has 0 aromatic heterocycles. The SMILES string of the molecule is COC(=O)N[C@H](CC(=O)C1CCS1)Cc1ccccc1. The molecule has 1 fully saturated rings. The lowest BCUT2D eigenvalue weighted by Crippen LogP contribution is -2.40. The average Bonchev–Trinajstić information content (AvgIpc) is 2.37. The number of hydrogen-bond acceptors (Lipinski definition) is 4. The molecule has 2 atom stereocenters. The number of amides is 1. The van der Waals surface area contributed by atoms with Gasteiger partial charge in [0.1, 0.15) is 5.78 Å². The fourth-order valence-electron chi connectivity index (χ4n) is 2.16. The molecule has 0 saturated carbocycles. The second-order valence-electron chi connectivity index (χ2n) is 4.84. The van der Waals surface area contributed by atoms with E-state index in [9.17, 15) is 9.59 Å². The van der Waals surface area contributed by atoms with E-state index in [0.717, 1.165) is 17.7 Å². The minimum Gasteiger partial charge on any atom is -0.453 e. The molecule has 5 heteroatoms. The van der Waals surface area contributed by atoms with Crippen LogP contribution in [0.5, 0.6) is 0 Å². The fourth-order valence-corrected chi connectivity index (χ4v) is 2.92. The maximum Gasteiger partial charge on any atom is 0.407 e. The van der Waals surface area contributed by atoms with Crippen molar-refractivity contribution in [2.75, 3.05) is 12.9 Å². The van der Waals surface area contributed by atoms with Crippen molar-refractivity contribution in [1.82, 2.24) is 5.32 Å². The summed E-state index contributed by atoms with van der Waals surface area (Å²) in [5, 5.41) is 2.88. The van der Waals surface area contributed by atoms with Crippen LogP contribution >= 0.6 is 11.8 Å². The third-order valence-electron chi connectivity index (χ3n) is 3.34. The van der Waals surface area contributed by atoms with E-state index in [1.165, 1.54) is 7.11 Å². The Balaban J connectivity index is 1.96. The van der Waals surface area contributed by atoms with Crippen LogP contribution in [0, 0.1) is 0 Å². The third kappa shape index (κ3) is 4.27. The summed E-state index contributed by atoms with van der Waals surface area (Å²) in [6.45, 7) is 0. The van der Waals surface area contributed by atoms with Crippen LogP contribution in [0.2, 0.25) is 0 Å². The summed E-state index contributed by atoms with van der Waals surface area (Å²) in [6, 6.07) is 9.63. The van der Waals surface area contributed by atoms with Crippen LogP contribution in [0.25, 0.3) is 0 Å². The van der Waals surface area contributed by atoms with Crippen molar-refractivity contribution in [3.05, 3.63) is 35.9 Å². The van der Waals surface area contributed by atoms with Crippen LogP contribution in [0.3, 0.4) is 0 Å². The first-order valence-corrected chi connectivity index (χ1v) is 7.76. The number of hydrogen-bond donors (Lipinski definition) is 1. The molecule has 1 aromatic carbocycles. The lowest BCUT2D eigenvalue weighted by molar-refractivity contribution is -0.119. The summed E-state index contributed by atoms with van der Waals surface area (Å²) in [5.41, 5.74) is 1.10. The van der Waals surface area contributed by atoms with Gasteiger partial charge >= 0.3 is 6.09 Å². The Bertz CT molecular complexity index is 459. The molecule has 1 aliphatic heterocycles. The molecule has 1 heterocycles. The van der Waals surface area contributed by atoms with E-state index in [2.05, 4.69) is 10.1 Å². The fraction of sp³-hybridized carbons (Fsp3) is 0.467. The van der Waals surface area contributed by atoms with Gasteiger partial charge in [-0.3, -0.25) is 4.79 Å². The largest absolute Gasteiger partial charge is 0.453 e. The summed E-state index contributed by atoms with van der Waals surface area (Å²) < 4.78 is 4.63. The highest BCUT2D eigenvalue weighted by atomic mass is 32.2. The van der Waals surface area contributed by atoms with Gasteiger partial charge in [0.15, 0.2) is 0 Å². The molecular formula is C15H19NO3S. The van der Waals surface area contributed by atoms with Crippen LogP contribution in [-0.2, 0) is 16.0 Å². The van der Waals surface area contributed by atoms with Gasteiger partial charge in [0, 0.05) is 12.5 Å². The lowest BCUT2D eigenvalue weighted by Gasteiger charge is -2.26. The quantitative estimate of drug-likeness (QED) is 0.875. The van der Waals surface area contributed by atoms with Crippen molar-refractivity contribution >= 4 is 23.6 Å². The molecule has 20 heavy (non-hydrogen) atoms. The van der Waals surface area contributed by atoms with Crippen LogP contribution < -0.4 is 5.32 Å². The first-order valence-electron chi connectivity index (χ1n) is 6.71. The summed E-state index contributed by atoms with van der Waals surface area (Å²) in [7, 11) is 1.33. The van der Waals surface area contributed by atoms with E-state index >= 15 is 0 Å². The van der Waals surface area contributed by atoms with Gasteiger partial charge in [-0.2, -0.15) is 11.8 Å². The van der Waals surface area contributed by atoms with Crippen LogP contribution in [-0.4, -0.2) is 36.0 Å². The van der Waals surface area contributed by atoms with Crippen molar-refractivity contribution in [3.8, 4) is 0 Å². The van der Waals surface area contributed by atoms with Crippen molar-refractivity contribution in [2.45, 2.75) is 30.6 Å². The number of rotatable bonds is 6. The molecule has 1 aliphatic rings. The molecule has 0 radical (unpaired) electrons. The second kappa shape index (κ2) is 7.33. The topological polar surface area (TPSA) is 55.4 Å².